The molecule has 0 spiro atoms. The molecule has 2 amide bonds. The van der Waals surface area contributed by atoms with Crippen molar-refractivity contribution in [1.82, 2.24) is 0 Å². The largest absolute Gasteiger partial charge is 0.326 e. The van der Waals surface area contributed by atoms with E-state index in [2.05, 4.69) is 10.6 Å². The average Bonchev–Trinajstić information content (AvgIpc) is 2.53. The van der Waals surface area contributed by atoms with Gasteiger partial charge in [-0.05, 0) is 42.3 Å². The molecule has 0 unspecified atom stereocenters. The lowest BCUT2D eigenvalue weighted by Crippen LogP contribution is -2.16. The van der Waals surface area contributed by atoms with E-state index in [1.54, 1.807) is 6.07 Å². The summed E-state index contributed by atoms with van der Waals surface area (Å²) in [5, 5.41) is 6.34. The smallest absolute Gasteiger partial charge is 0.234 e. The topological polar surface area (TPSA) is 58.2 Å². The van der Waals surface area contributed by atoms with Gasteiger partial charge in [0.1, 0.15) is 0 Å². The Labute approximate surface area is 151 Å². The van der Waals surface area contributed by atoms with Crippen LogP contribution in [0.2, 0.25) is 5.02 Å². The van der Waals surface area contributed by atoms with Crippen molar-refractivity contribution < 1.29 is 9.59 Å². The lowest BCUT2D eigenvalue weighted by atomic mass is 10.1. The molecular weight excluding hydrogens is 344 g/mol. The van der Waals surface area contributed by atoms with Crippen LogP contribution in [0.3, 0.4) is 0 Å². The van der Waals surface area contributed by atoms with Crippen LogP contribution >= 0.6 is 23.4 Å². The molecule has 0 aromatic heterocycles. The van der Waals surface area contributed by atoms with E-state index in [1.807, 2.05) is 43.3 Å². The molecule has 0 aliphatic rings. The van der Waals surface area contributed by atoms with Crippen LogP contribution in [0.15, 0.2) is 42.5 Å². The molecular formula is C18H19ClN2O2S. The quantitative estimate of drug-likeness (QED) is 0.796. The number of hydrogen-bond acceptors (Lipinski definition) is 3. The second-order valence-electron chi connectivity index (χ2n) is 5.33. The van der Waals surface area contributed by atoms with Crippen molar-refractivity contribution >= 4 is 46.6 Å². The van der Waals surface area contributed by atoms with Crippen molar-refractivity contribution in [2.75, 3.05) is 16.4 Å². The number of nitrogens with one attached hydrogen (secondary N) is 2. The normalized spacial score (nSPS) is 10.3. The summed E-state index contributed by atoms with van der Waals surface area (Å²) in [7, 11) is 0. The lowest BCUT2D eigenvalue weighted by Gasteiger charge is -2.12. The summed E-state index contributed by atoms with van der Waals surface area (Å²) in [6, 6.07) is 13.0. The van der Waals surface area contributed by atoms with Gasteiger partial charge in [0.15, 0.2) is 0 Å². The number of amides is 2. The molecule has 2 aromatic carbocycles. The van der Waals surface area contributed by atoms with E-state index in [9.17, 15) is 9.59 Å². The minimum atomic E-state index is -0.139. The molecule has 0 fully saturated rings. The van der Waals surface area contributed by atoms with Gasteiger partial charge in [-0.25, -0.2) is 0 Å². The third kappa shape index (κ3) is 5.58. The summed E-state index contributed by atoms with van der Waals surface area (Å²) in [6.45, 7) is 3.32. The summed E-state index contributed by atoms with van der Waals surface area (Å²) in [5.41, 5.74) is 3.37. The van der Waals surface area contributed by atoms with Crippen molar-refractivity contribution in [1.29, 1.82) is 0 Å². The van der Waals surface area contributed by atoms with Crippen LogP contribution in [0, 0.1) is 6.92 Å². The van der Waals surface area contributed by atoms with Crippen LogP contribution in [0.5, 0.6) is 0 Å². The number of thioether (sulfide) groups is 1. The van der Waals surface area contributed by atoms with Gasteiger partial charge in [-0.15, -0.1) is 11.8 Å². The third-order valence-corrected chi connectivity index (χ3v) is 4.59. The standard InChI is InChI=1S/C18H19ClN2O2S/c1-12-16(20-13(2)22)4-3-5-17(12)21-18(23)11-24-10-14-6-8-15(19)9-7-14/h3-9H,10-11H2,1-2H3,(H,20,22)(H,21,23). The maximum atomic E-state index is 12.1. The Morgan fingerprint density at radius 3 is 2.29 bits per heavy atom. The first-order valence-electron chi connectivity index (χ1n) is 7.45. The fraction of sp³-hybridized carbons (Fsp3) is 0.222. The highest BCUT2D eigenvalue weighted by Crippen LogP contribution is 2.23. The van der Waals surface area contributed by atoms with Crippen LogP contribution in [-0.2, 0) is 15.3 Å². The maximum absolute atomic E-state index is 12.1. The Morgan fingerprint density at radius 1 is 1.04 bits per heavy atom. The van der Waals surface area contributed by atoms with Gasteiger partial charge in [0.2, 0.25) is 11.8 Å². The molecule has 0 heterocycles. The molecule has 6 heteroatoms. The molecule has 0 atom stereocenters. The summed E-state index contributed by atoms with van der Waals surface area (Å²) in [5.74, 6) is 0.888. The van der Waals surface area contributed by atoms with Gasteiger partial charge in [0.25, 0.3) is 0 Å². The predicted molar refractivity (Wildman–Crippen MR) is 102 cm³/mol. The minimum absolute atomic E-state index is 0.0722. The molecule has 0 saturated heterocycles. The molecule has 2 rings (SSSR count). The second-order valence-corrected chi connectivity index (χ2v) is 6.75. The van der Waals surface area contributed by atoms with Crippen LogP contribution < -0.4 is 10.6 Å². The second kappa shape index (κ2) is 8.76. The summed E-state index contributed by atoms with van der Waals surface area (Å²) >= 11 is 7.38. The molecule has 0 aliphatic carbocycles. The van der Waals surface area contributed by atoms with Crippen LogP contribution in [0.1, 0.15) is 18.1 Å². The number of carbonyl (C=O) groups is 2. The van der Waals surface area contributed by atoms with Crippen LogP contribution in [-0.4, -0.2) is 17.6 Å². The van der Waals surface area contributed by atoms with Gasteiger partial charge in [-0.3, -0.25) is 9.59 Å². The molecule has 2 N–H and O–H groups in total. The van der Waals surface area contributed by atoms with Crippen LogP contribution in [0.4, 0.5) is 11.4 Å². The lowest BCUT2D eigenvalue weighted by molar-refractivity contribution is -0.114. The van der Waals surface area contributed by atoms with Crippen LogP contribution in [0.25, 0.3) is 0 Å². The number of carbonyl (C=O) groups excluding carboxylic acids is 2. The zero-order chi connectivity index (χ0) is 17.5. The Balaban J connectivity index is 1.88. The van der Waals surface area contributed by atoms with Crippen molar-refractivity contribution in [3.63, 3.8) is 0 Å². The Hall–Kier alpha value is -1.98. The molecule has 24 heavy (non-hydrogen) atoms. The molecule has 0 bridgehead atoms. The molecule has 0 aliphatic heterocycles. The van der Waals surface area contributed by atoms with E-state index in [0.717, 1.165) is 16.9 Å². The molecule has 0 radical (unpaired) electrons. The van der Waals surface area contributed by atoms with Crippen molar-refractivity contribution in [3.8, 4) is 0 Å². The Bertz CT molecular complexity index is 732. The van der Waals surface area contributed by atoms with Gasteiger partial charge >= 0.3 is 0 Å². The molecule has 0 saturated carbocycles. The van der Waals surface area contributed by atoms with Crippen molar-refractivity contribution in [3.05, 3.63) is 58.6 Å². The fourth-order valence-electron chi connectivity index (χ4n) is 2.12. The summed E-state index contributed by atoms with van der Waals surface area (Å²) in [4.78, 5) is 23.3. The van der Waals surface area contributed by atoms with E-state index in [-0.39, 0.29) is 11.8 Å². The van der Waals surface area contributed by atoms with E-state index >= 15 is 0 Å². The van der Waals surface area contributed by atoms with Crippen molar-refractivity contribution in [2.24, 2.45) is 0 Å². The summed E-state index contributed by atoms with van der Waals surface area (Å²) < 4.78 is 0. The maximum Gasteiger partial charge on any atom is 0.234 e. The van der Waals surface area contributed by atoms with E-state index in [0.29, 0.717) is 22.2 Å². The zero-order valence-electron chi connectivity index (χ0n) is 13.6. The number of rotatable bonds is 6. The van der Waals surface area contributed by atoms with E-state index < -0.39 is 0 Å². The fourth-order valence-corrected chi connectivity index (χ4v) is 3.04. The summed E-state index contributed by atoms with van der Waals surface area (Å²) in [6.07, 6.45) is 0. The highest BCUT2D eigenvalue weighted by molar-refractivity contribution is 7.99. The van der Waals surface area contributed by atoms with E-state index in [1.165, 1.54) is 18.7 Å². The van der Waals surface area contributed by atoms with Gasteiger partial charge in [-0.2, -0.15) is 0 Å². The molecule has 2 aromatic rings. The first-order valence-corrected chi connectivity index (χ1v) is 8.98. The highest BCUT2D eigenvalue weighted by atomic mass is 35.5. The van der Waals surface area contributed by atoms with Gasteiger partial charge in [-0.1, -0.05) is 29.8 Å². The number of halogens is 1. The monoisotopic (exact) mass is 362 g/mol. The first kappa shape index (κ1) is 18.4. The predicted octanol–water partition coefficient (Wildman–Crippen LogP) is 4.48. The minimum Gasteiger partial charge on any atom is -0.326 e. The van der Waals surface area contributed by atoms with Gasteiger partial charge in [0.05, 0.1) is 5.75 Å². The SMILES string of the molecule is CC(=O)Nc1cccc(NC(=O)CSCc2ccc(Cl)cc2)c1C. The molecule has 4 nitrogen and oxygen atoms in total. The van der Waals surface area contributed by atoms with Crippen molar-refractivity contribution in [2.45, 2.75) is 19.6 Å². The number of anilines is 2. The first-order chi connectivity index (χ1) is 11.5. The van der Waals surface area contributed by atoms with E-state index in [4.69, 9.17) is 11.6 Å². The van der Waals surface area contributed by atoms with Gasteiger partial charge < -0.3 is 10.6 Å². The highest BCUT2D eigenvalue weighted by Gasteiger charge is 2.08. The Kier molecular flexibility index (Phi) is 6.70. The number of hydrogen-bond donors (Lipinski definition) is 2. The zero-order valence-corrected chi connectivity index (χ0v) is 15.1. The molecule has 126 valence electrons. The third-order valence-electron chi connectivity index (χ3n) is 3.33. The number of benzene rings is 2. The van der Waals surface area contributed by atoms with Gasteiger partial charge in [0, 0.05) is 29.1 Å². The average molecular weight is 363 g/mol. The Morgan fingerprint density at radius 2 is 1.67 bits per heavy atom.